The maximum Gasteiger partial charge on any atom is 0.220 e. The highest BCUT2D eigenvalue weighted by Gasteiger charge is 2.44. The smallest absolute Gasteiger partial charge is 0.220 e. The number of ether oxygens (including phenoxy) is 2. The molecule has 0 saturated carbocycles. The number of amides is 1. The first-order chi connectivity index (χ1) is 34.8. The molecule has 1 amide bonds. The minimum Gasteiger partial charge on any atom is -0.394 e. The molecule has 0 aliphatic carbocycles. The number of hydrogen-bond donors (Lipinski definition) is 6. The van der Waals surface area contributed by atoms with E-state index >= 15 is 0 Å². The summed E-state index contributed by atoms with van der Waals surface area (Å²) in [6, 6.07) is -0.821. The Bertz CT molecular complexity index is 1210. The molecule has 0 aromatic carbocycles. The van der Waals surface area contributed by atoms with Gasteiger partial charge in [0.05, 0.1) is 25.4 Å². The van der Waals surface area contributed by atoms with Crippen molar-refractivity contribution in [1.82, 2.24) is 5.32 Å². The molecule has 1 fully saturated rings. The highest BCUT2D eigenvalue weighted by Crippen LogP contribution is 2.23. The number of hydrogen-bond acceptors (Lipinski definition) is 8. The zero-order valence-electron chi connectivity index (χ0n) is 46.5. The van der Waals surface area contributed by atoms with Gasteiger partial charge >= 0.3 is 0 Å². The third-order valence-corrected chi connectivity index (χ3v) is 14.7. The van der Waals surface area contributed by atoms with Crippen LogP contribution in [0.3, 0.4) is 0 Å². The van der Waals surface area contributed by atoms with Gasteiger partial charge in [0.1, 0.15) is 24.4 Å². The molecule has 0 aromatic heterocycles. The second kappa shape index (κ2) is 51.9. The van der Waals surface area contributed by atoms with Crippen molar-refractivity contribution in [2.45, 2.75) is 339 Å². The van der Waals surface area contributed by atoms with E-state index in [1.165, 1.54) is 238 Å². The predicted octanol–water partition coefficient (Wildman–Crippen LogP) is 15.5. The standard InChI is InChI=1S/C62H117NO8/c1-3-5-7-9-11-13-15-17-19-21-23-24-25-26-27-28-29-30-31-32-33-34-36-38-40-42-44-46-48-50-52-58(66)63-55(54-70-62-61(69)60(68)59(67)57(53-64)71-62)56(65)51-49-47-45-43-41-39-37-35-22-20-18-16-14-12-10-8-6-4-2/h26-27,41,43,49,51,55-57,59-62,64-65,67-69H,3-25,28-40,42,44-48,50,52-54H2,1-2H3,(H,63,66)/b27-26-,43-41+,51-49+. The second-order valence-electron chi connectivity index (χ2n) is 21.5. The van der Waals surface area contributed by atoms with Gasteiger partial charge in [0, 0.05) is 6.42 Å². The molecule has 6 N–H and O–H groups in total. The first-order valence-electron chi connectivity index (χ1n) is 30.7. The molecule has 0 aromatic rings. The van der Waals surface area contributed by atoms with Crippen LogP contribution >= 0.6 is 0 Å². The summed E-state index contributed by atoms with van der Waals surface area (Å²) in [7, 11) is 0. The van der Waals surface area contributed by atoms with Crippen LogP contribution in [0.15, 0.2) is 36.5 Å². The zero-order chi connectivity index (χ0) is 51.5. The Morgan fingerprint density at radius 2 is 0.803 bits per heavy atom. The topological polar surface area (TPSA) is 149 Å². The van der Waals surface area contributed by atoms with E-state index in [2.05, 4.69) is 43.5 Å². The average Bonchev–Trinajstić information content (AvgIpc) is 3.37. The van der Waals surface area contributed by atoms with Crippen molar-refractivity contribution in [3.63, 3.8) is 0 Å². The van der Waals surface area contributed by atoms with Crippen LogP contribution in [0.25, 0.3) is 0 Å². The van der Waals surface area contributed by atoms with Gasteiger partial charge in [-0.05, 0) is 57.8 Å². The van der Waals surface area contributed by atoms with Crippen LogP contribution in [0, 0.1) is 0 Å². The van der Waals surface area contributed by atoms with Gasteiger partial charge in [-0.1, -0.05) is 269 Å². The first kappa shape index (κ1) is 67.4. The summed E-state index contributed by atoms with van der Waals surface area (Å²) in [6.07, 6.45) is 60.9. The summed E-state index contributed by atoms with van der Waals surface area (Å²) < 4.78 is 11.3. The highest BCUT2D eigenvalue weighted by atomic mass is 16.7. The molecule has 0 spiro atoms. The van der Waals surface area contributed by atoms with E-state index in [1.807, 2.05) is 6.08 Å². The summed E-state index contributed by atoms with van der Waals surface area (Å²) >= 11 is 0. The quantitative estimate of drug-likeness (QED) is 0.0261. The average molecular weight is 1000 g/mol. The lowest BCUT2D eigenvalue weighted by Gasteiger charge is -2.40. The number of rotatable bonds is 53. The fraction of sp³-hybridized carbons (Fsp3) is 0.887. The summed E-state index contributed by atoms with van der Waals surface area (Å²) in [5.74, 6) is -0.183. The first-order valence-corrected chi connectivity index (χ1v) is 30.7. The molecule has 7 unspecified atom stereocenters. The van der Waals surface area contributed by atoms with Crippen LogP contribution in [0.2, 0.25) is 0 Å². The molecule has 418 valence electrons. The number of nitrogens with one attached hydrogen (secondary N) is 1. The van der Waals surface area contributed by atoms with E-state index in [-0.39, 0.29) is 12.5 Å². The lowest BCUT2D eigenvalue weighted by Crippen LogP contribution is -2.60. The molecule has 9 nitrogen and oxygen atoms in total. The van der Waals surface area contributed by atoms with E-state index in [9.17, 15) is 30.3 Å². The molecule has 1 heterocycles. The fourth-order valence-electron chi connectivity index (χ4n) is 9.82. The van der Waals surface area contributed by atoms with Crippen molar-refractivity contribution in [2.24, 2.45) is 0 Å². The van der Waals surface area contributed by atoms with Crippen LogP contribution in [0.1, 0.15) is 296 Å². The molecule has 7 atom stereocenters. The Morgan fingerprint density at radius 3 is 1.18 bits per heavy atom. The van der Waals surface area contributed by atoms with Crippen molar-refractivity contribution in [3.05, 3.63) is 36.5 Å². The molecule has 1 rings (SSSR count). The van der Waals surface area contributed by atoms with Gasteiger partial charge in [-0.2, -0.15) is 0 Å². The van der Waals surface area contributed by atoms with Crippen molar-refractivity contribution >= 4 is 5.91 Å². The summed E-state index contributed by atoms with van der Waals surface area (Å²) in [5.41, 5.74) is 0. The minimum atomic E-state index is -1.57. The van der Waals surface area contributed by atoms with Crippen LogP contribution < -0.4 is 5.32 Å². The van der Waals surface area contributed by atoms with Crippen molar-refractivity contribution < 1.29 is 39.8 Å². The molecule has 1 aliphatic rings. The van der Waals surface area contributed by atoms with E-state index in [0.29, 0.717) is 6.42 Å². The number of carbonyl (C=O) groups is 1. The maximum absolute atomic E-state index is 13.1. The Morgan fingerprint density at radius 1 is 0.465 bits per heavy atom. The van der Waals surface area contributed by atoms with Crippen LogP contribution in [0.4, 0.5) is 0 Å². The maximum atomic E-state index is 13.1. The number of carbonyl (C=O) groups excluding carboxylic acids is 1. The lowest BCUT2D eigenvalue weighted by molar-refractivity contribution is -0.302. The van der Waals surface area contributed by atoms with Crippen molar-refractivity contribution in [1.29, 1.82) is 0 Å². The zero-order valence-corrected chi connectivity index (χ0v) is 46.5. The Balaban J connectivity index is 2.17. The van der Waals surface area contributed by atoms with Gasteiger partial charge in [-0.3, -0.25) is 4.79 Å². The normalized spacial score (nSPS) is 19.5. The predicted molar refractivity (Wildman–Crippen MR) is 300 cm³/mol. The van der Waals surface area contributed by atoms with Gasteiger partial charge in [-0.25, -0.2) is 0 Å². The van der Waals surface area contributed by atoms with E-state index in [0.717, 1.165) is 38.5 Å². The molecule has 1 saturated heterocycles. The number of aliphatic hydroxyl groups is 5. The lowest BCUT2D eigenvalue weighted by atomic mass is 9.99. The molecule has 71 heavy (non-hydrogen) atoms. The third-order valence-electron chi connectivity index (χ3n) is 14.7. The van der Waals surface area contributed by atoms with Crippen molar-refractivity contribution in [2.75, 3.05) is 13.2 Å². The monoisotopic (exact) mass is 1000 g/mol. The minimum absolute atomic E-state index is 0.183. The summed E-state index contributed by atoms with van der Waals surface area (Å²) in [5, 5.41) is 54.5. The Kier molecular flexibility index (Phi) is 49.3. The molecule has 0 bridgehead atoms. The Hall–Kier alpha value is -1.59. The fourth-order valence-corrected chi connectivity index (χ4v) is 9.82. The second-order valence-corrected chi connectivity index (χ2v) is 21.5. The van der Waals surface area contributed by atoms with E-state index < -0.39 is 49.5 Å². The van der Waals surface area contributed by atoms with Gasteiger partial charge in [-0.15, -0.1) is 0 Å². The molecular formula is C62H117NO8. The molecule has 9 heteroatoms. The van der Waals surface area contributed by atoms with E-state index in [4.69, 9.17) is 9.47 Å². The number of aliphatic hydroxyl groups excluding tert-OH is 5. The number of unbranched alkanes of at least 4 members (excludes halogenated alkanes) is 39. The molecule has 1 aliphatic heterocycles. The van der Waals surface area contributed by atoms with Gasteiger partial charge in [0.2, 0.25) is 5.91 Å². The molecule has 0 radical (unpaired) electrons. The Labute approximate surface area is 438 Å². The van der Waals surface area contributed by atoms with Gasteiger partial charge < -0.3 is 40.3 Å². The number of allylic oxidation sites excluding steroid dienone is 5. The van der Waals surface area contributed by atoms with Crippen LogP contribution in [0.5, 0.6) is 0 Å². The highest BCUT2D eigenvalue weighted by molar-refractivity contribution is 5.76. The summed E-state index contributed by atoms with van der Waals surface area (Å²) in [4.78, 5) is 13.1. The molecular weight excluding hydrogens is 887 g/mol. The SMILES string of the molecule is CCCCCCCCCCCCCC/C=C\CCCCCCCCCCCCCCCCC(=O)NC(COC1OC(CO)C(O)C(O)C1O)C(O)/C=C/CC/C=C/CCCCCCCCCCCCCC. The van der Waals surface area contributed by atoms with Crippen molar-refractivity contribution in [3.8, 4) is 0 Å². The largest absolute Gasteiger partial charge is 0.394 e. The third kappa shape index (κ3) is 41.4. The van der Waals surface area contributed by atoms with Gasteiger partial charge in [0.25, 0.3) is 0 Å². The van der Waals surface area contributed by atoms with Crippen LogP contribution in [-0.4, -0.2) is 87.5 Å². The van der Waals surface area contributed by atoms with Crippen LogP contribution in [-0.2, 0) is 14.3 Å². The van der Waals surface area contributed by atoms with E-state index in [1.54, 1.807) is 6.08 Å². The van der Waals surface area contributed by atoms with Gasteiger partial charge in [0.15, 0.2) is 6.29 Å². The summed E-state index contributed by atoms with van der Waals surface area (Å²) in [6.45, 7) is 3.80.